The first-order valence-corrected chi connectivity index (χ1v) is 4.26. The van der Waals surface area contributed by atoms with Crippen LogP contribution in [-0.4, -0.2) is 47.7 Å². The Bertz CT molecular complexity index is 216. The van der Waals surface area contributed by atoms with E-state index in [9.17, 15) is 9.59 Å². The molecule has 1 rings (SSSR count). The van der Waals surface area contributed by atoms with Crippen LogP contribution in [0, 0.1) is 0 Å². The number of hydrogen-bond acceptors (Lipinski definition) is 3. The summed E-state index contributed by atoms with van der Waals surface area (Å²) >= 11 is 0. The fourth-order valence-corrected chi connectivity index (χ4v) is 1.31. The molecule has 0 aliphatic carbocycles. The molecule has 0 aromatic rings. The fourth-order valence-electron chi connectivity index (χ4n) is 1.31. The summed E-state index contributed by atoms with van der Waals surface area (Å²) < 4.78 is 4.99. The molecule has 5 nitrogen and oxygen atoms in total. The van der Waals surface area contributed by atoms with E-state index in [-0.39, 0.29) is 12.5 Å². The summed E-state index contributed by atoms with van der Waals surface area (Å²) in [7, 11) is 0. The molecule has 74 valence electrons. The molecule has 1 heterocycles. The Balaban J connectivity index is 2.67. The number of amides is 1. The van der Waals surface area contributed by atoms with Crippen molar-refractivity contribution in [3.63, 3.8) is 0 Å². The van der Waals surface area contributed by atoms with Gasteiger partial charge in [-0.15, -0.1) is 0 Å². The van der Waals surface area contributed by atoms with Gasteiger partial charge >= 0.3 is 5.97 Å². The normalized spacial score (nSPS) is 22.8. The molecule has 5 heteroatoms. The van der Waals surface area contributed by atoms with E-state index in [4.69, 9.17) is 9.84 Å². The molecule has 1 aliphatic heterocycles. The molecule has 1 saturated heterocycles. The zero-order chi connectivity index (χ0) is 9.84. The molecule has 1 atom stereocenters. The highest BCUT2D eigenvalue weighted by Crippen LogP contribution is 2.08. The number of carbonyl (C=O) groups is 2. The molecule has 1 unspecified atom stereocenters. The lowest BCUT2D eigenvalue weighted by atomic mass is 10.2. The lowest BCUT2D eigenvalue weighted by Gasteiger charge is -2.32. The van der Waals surface area contributed by atoms with Crippen LogP contribution in [0.4, 0.5) is 0 Å². The number of aliphatic carboxylic acids is 1. The van der Waals surface area contributed by atoms with E-state index in [0.717, 1.165) is 0 Å². The summed E-state index contributed by atoms with van der Waals surface area (Å²) in [4.78, 5) is 23.4. The monoisotopic (exact) mass is 187 g/mol. The van der Waals surface area contributed by atoms with Crippen molar-refractivity contribution in [2.24, 2.45) is 0 Å². The van der Waals surface area contributed by atoms with Crippen LogP contribution in [0.2, 0.25) is 0 Å². The quantitative estimate of drug-likeness (QED) is 0.645. The van der Waals surface area contributed by atoms with E-state index >= 15 is 0 Å². The number of carbonyl (C=O) groups excluding carboxylic acids is 1. The Morgan fingerprint density at radius 1 is 1.62 bits per heavy atom. The van der Waals surface area contributed by atoms with Gasteiger partial charge in [-0.1, -0.05) is 6.92 Å². The molecule has 1 aliphatic rings. The molecule has 1 fully saturated rings. The summed E-state index contributed by atoms with van der Waals surface area (Å²) in [5.74, 6) is -1.13. The predicted octanol–water partition coefficient (Wildman–Crippen LogP) is -0.292. The van der Waals surface area contributed by atoms with Gasteiger partial charge in [-0.25, -0.2) is 4.79 Å². The van der Waals surface area contributed by atoms with Crippen molar-refractivity contribution in [3.05, 3.63) is 0 Å². The molecule has 0 radical (unpaired) electrons. The van der Waals surface area contributed by atoms with E-state index in [1.165, 1.54) is 4.90 Å². The Labute approximate surface area is 76.3 Å². The minimum absolute atomic E-state index is 0.0983. The van der Waals surface area contributed by atoms with Crippen LogP contribution in [0.5, 0.6) is 0 Å². The van der Waals surface area contributed by atoms with Crippen molar-refractivity contribution in [2.45, 2.75) is 19.4 Å². The van der Waals surface area contributed by atoms with E-state index in [2.05, 4.69) is 0 Å². The van der Waals surface area contributed by atoms with Gasteiger partial charge in [-0.3, -0.25) is 4.79 Å². The zero-order valence-corrected chi connectivity index (χ0v) is 7.52. The van der Waals surface area contributed by atoms with E-state index < -0.39 is 12.0 Å². The summed E-state index contributed by atoms with van der Waals surface area (Å²) in [6, 6.07) is -0.804. The van der Waals surface area contributed by atoms with Crippen molar-refractivity contribution in [1.29, 1.82) is 0 Å². The van der Waals surface area contributed by atoms with E-state index in [0.29, 0.717) is 19.6 Å². The maximum absolute atomic E-state index is 11.3. The van der Waals surface area contributed by atoms with Gasteiger partial charge in [0.1, 0.15) is 0 Å². The number of carboxylic acid groups (broad SMARTS) is 1. The lowest BCUT2D eigenvalue weighted by molar-refractivity contribution is -0.158. The van der Waals surface area contributed by atoms with Crippen molar-refractivity contribution in [2.75, 3.05) is 19.8 Å². The highest BCUT2D eigenvalue weighted by Gasteiger charge is 2.31. The van der Waals surface area contributed by atoms with Crippen molar-refractivity contribution in [1.82, 2.24) is 4.90 Å². The van der Waals surface area contributed by atoms with Gasteiger partial charge in [0.2, 0.25) is 5.91 Å². The Morgan fingerprint density at radius 2 is 2.31 bits per heavy atom. The summed E-state index contributed by atoms with van der Waals surface area (Å²) in [6.45, 7) is 2.62. The summed E-state index contributed by atoms with van der Waals surface area (Å²) in [5, 5.41) is 8.78. The number of morpholine rings is 1. The Hall–Kier alpha value is -1.10. The van der Waals surface area contributed by atoms with Crippen LogP contribution < -0.4 is 0 Å². The molecule has 0 spiro atoms. The third kappa shape index (κ3) is 2.18. The lowest BCUT2D eigenvalue weighted by Crippen LogP contribution is -2.52. The first-order valence-electron chi connectivity index (χ1n) is 4.26. The highest BCUT2D eigenvalue weighted by molar-refractivity contribution is 5.83. The van der Waals surface area contributed by atoms with E-state index in [1.807, 2.05) is 0 Å². The largest absolute Gasteiger partial charge is 0.480 e. The maximum Gasteiger partial charge on any atom is 0.328 e. The maximum atomic E-state index is 11.3. The summed E-state index contributed by atoms with van der Waals surface area (Å²) in [5.41, 5.74) is 0. The second-order valence-electron chi connectivity index (χ2n) is 2.87. The van der Waals surface area contributed by atoms with Gasteiger partial charge in [0.25, 0.3) is 0 Å². The third-order valence-electron chi connectivity index (χ3n) is 2.04. The van der Waals surface area contributed by atoms with Crippen LogP contribution in [0.1, 0.15) is 13.3 Å². The van der Waals surface area contributed by atoms with Gasteiger partial charge in [0, 0.05) is 13.0 Å². The van der Waals surface area contributed by atoms with Crippen LogP contribution in [0.3, 0.4) is 0 Å². The van der Waals surface area contributed by atoms with Crippen LogP contribution >= 0.6 is 0 Å². The minimum Gasteiger partial charge on any atom is -0.480 e. The SMILES string of the molecule is CCC(=O)N1CCOCC1C(=O)O. The van der Waals surface area contributed by atoms with Crippen molar-refractivity contribution in [3.8, 4) is 0 Å². The standard InChI is InChI=1S/C8H13NO4/c1-2-7(10)9-3-4-13-5-6(9)8(11)12/h6H,2-5H2,1H3,(H,11,12). The summed E-state index contributed by atoms with van der Waals surface area (Å²) in [6.07, 6.45) is 0.337. The third-order valence-corrected chi connectivity index (χ3v) is 2.04. The Morgan fingerprint density at radius 3 is 2.85 bits per heavy atom. The molecule has 13 heavy (non-hydrogen) atoms. The molecule has 0 bridgehead atoms. The zero-order valence-electron chi connectivity index (χ0n) is 7.52. The molecule has 1 N–H and O–H groups in total. The minimum atomic E-state index is -0.999. The highest BCUT2D eigenvalue weighted by atomic mass is 16.5. The smallest absolute Gasteiger partial charge is 0.328 e. The number of carboxylic acids is 1. The average molecular weight is 187 g/mol. The number of nitrogens with zero attached hydrogens (tertiary/aromatic N) is 1. The number of rotatable bonds is 2. The molecular formula is C8H13NO4. The fraction of sp³-hybridized carbons (Fsp3) is 0.750. The molecule has 0 aromatic heterocycles. The van der Waals surface area contributed by atoms with Gasteiger partial charge in [0.15, 0.2) is 6.04 Å². The van der Waals surface area contributed by atoms with Crippen molar-refractivity contribution < 1.29 is 19.4 Å². The molecule has 0 saturated carbocycles. The molecule has 1 amide bonds. The van der Waals surface area contributed by atoms with Crippen LogP contribution in [0.25, 0.3) is 0 Å². The van der Waals surface area contributed by atoms with Gasteiger partial charge in [-0.05, 0) is 0 Å². The number of hydrogen-bond donors (Lipinski definition) is 1. The number of ether oxygens (including phenoxy) is 1. The first-order chi connectivity index (χ1) is 6.16. The average Bonchev–Trinajstić information content (AvgIpc) is 2.16. The first kappa shape index (κ1) is 9.98. The second kappa shape index (κ2) is 4.23. The Kier molecular flexibility index (Phi) is 3.25. The molecule has 0 aromatic carbocycles. The van der Waals surface area contributed by atoms with Crippen LogP contribution in [0.15, 0.2) is 0 Å². The van der Waals surface area contributed by atoms with Crippen LogP contribution in [-0.2, 0) is 14.3 Å². The molecular weight excluding hydrogens is 174 g/mol. The van der Waals surface area contributed by atoms with E-state index in [1.54, 1.807) is 6.92 Å². The van der Waals surface area contributed by atoms with Crippen molar-refractivity contribution >= 4 is 11.9 Å². The van der Waals surface area contributed by atoms with Gasteiger partial charge in [-0.2, -0.15) is 0 Å². The second-order valence-corrected chi connectivity index (χ2v) is 2.87. The topological polar surface area (TPSA) is 66.8 Å². The van der Waals surface area contributed by atoms with Gasteiger partial charge < -0.3 is 14.7 Å². The predicted molar refractivity (Wildman–Crippen MR) is 44.2 cm³/mol. The van der Waals surface area contributed by atoms with Gasteiger partial charge in [0.05, 0.1) is 13.2 Å².